The first-order chi connectivity index (χ1) is 4.86. The number of rotatable bonds is 0. The van der Waals surface area contributed by atoms with Crippen LogP contribution in [0.4, 0.5) is 5.82 Å². The Morgan fingerprint density at radius 1 is 1.70 bits per heavy atom. The lowest BCUT2D eigenvalue weighted by atomic mass is 10.4. The number of fused-ring (bicyclic) bond motifs is 1. The number of hydrogen-bond acceptors (Lipinski definition) is 3. The number of anilines is 1. The van der Waals surface area contributed by atoms with Gasteiger partial charge in [0.2, 0.25) is 0 Å². The van der Waals surface area contributed by atoms with Crippen LogP contribution >= 0.6 is 0 Å². The molecule has 0 atom stereocenters. The van der Waals surface area contributed by atoms with E-state index in [2.05, 4.69) is 4.98 Å². The third kappa shape index (κ3) is 0.725. The van der Waals surface area contributed by atoms with Crippen molar-refractivity contribution in [3.8, 4) is 6.01 Å². The highest BCUT2D eigenvalue weighted by Gasteiger charge is 2.10. The molecular formula is C6H9N3O. The minimum Gasteiger partial charge on any atom is -0.465 e. The van der Waals surface area contributed by atoms with Crippen LogP contribution in [0.25, 0.3) is 0 Å². The molecule has 0 unspecified atom stereocenters. The van der Waals surface area contributed by atoms with Crippen LogP contribution in [-0.2, 0) is 6.54 Å². The molecule has 1 aromatic rings. The molecule has 0 fully saturated rings. The lowest BCUT2D eigenvalue weighted by Crippen LogP contribution is -2.13. The normalized spacial score (nSPS) is 16.0. The Kier molecular flexibility index (Phi) is 1.06. The summed E-state index contributed by atoms with van der Waals surface area (Å²) in [5, 5.41) is 0. The summed E-state index contributed by atoms with van der Waals surface area (Å²) in [5.74, 6) is 0.539. The number of imidazole rings is 1. The van der Waals surface area contributed by atoms with Gasteiger partial charge in [0.1, 0.15) is 5.82 Å². The predicted molar refractivity (Wildman–Crippen MR) is 36.8 cm³/mol. The number of aromatic nitrogens is 2. The number of nitrogen functional groups attached to an aromatic ring is 1. The monoisotopic (exact) mass is 139 g/mol. The van der Waals surface area contributed by atoms with Gasteiger partial charge in [0.05, 0.1) is 12.8 Å². The van der Waals surface area contributed by atoms with Gasteiger partial charge in [-0.2, -0.15) is 4.98 Å². The Bertz CT molecular complexity index is 220. The van der Waals surface area contributed by atoms with E-state index in [1.54, 1.807) is 6.20 Å². The van der Waals surface area contributed by atoms with E-state index < -0.39 is 0 Å². The summed E-state index contributed by atoms with van der Waals surface area (Å²) in [7, 11) is 0. The van der Waals surface area contributed by atoms with Gasteiger partial charge in [-0.05, 0) is 6.42 Å². The van der Waals surface area contributed by atoms with Gasteiger partial charge in [0, 0.05) is 6.54 Å². The van der Waals surface area contributed by atoms with E-state index in [9.17, 15) is 0 Å². The van der Waals surface area contributed by atoms with Crippen LogP contribution in [-0.4, -0.2) is 16.2 Å². The van der Waals surface area contributed by atoms with Gasteiger partial charge in [0.15, 0.2) is 0 Å². The standard InChI is InChI=1S/C6H9N3O/c7-5-4-9-2-1-3-10-6(9)8-5/h4H,1-3,7H2. The third-order valence-electron chi connectivity index (χ3n) is 1.53. The van der Waals surface area contributed by atoms with E-state index in [1.807, 2.05) is 4.57 Å². The van der Waals surface area contributed by atoms with Crippen molar-refractivity contribution in [2.75, 3.05) is 12.3 Å². The maximum atomic E-state index is 5.45. The largest absolute Gasteiger partial charge is 0.465 e. The van der Waals surface area contributed by atoms with Crippen molar-refractivity contribution in [1.29, 1.82) is 0 Å². The Hall–Kier alpha value is -1.19. The van der Waals surface area contributed by atoms with Gasteiger partial charge in [-0.3, -0.25) is 4.57 Å². The maximum Gasteiger partial charge on any atom is 0.298 e. The van der Waals surface area contributed by atoms with Crippen molar-refractivity contribution >= 4 is 5.82 Å². The molecule has 0 aromatic carbocycles. The highest BCUT2D eigenvalue weighted by molar-refractivity contribution is 5.28. The molecule has 0 amide bonds. The zero-order chi connectivity index (χ0) is 6.97. The summed E-state index contributed by atoms with van der Waals surface area (Å²) in [5.41, 5.74) is 5.45. The maximum absolute atomic E-state index is 5.45. The molecule has 4 nitrogen and oxygen atoms in total. The minimum absolute atomic E-state index is 0.539. The van der Waals surface area contributed by atoms with Gasteiger partial charge in [0.25, 0.3) is 6.01 Å². The van der Waals surface area contributed by atoms with Crippen molar-refractivity contribution in [2.45, 2.75) is 13.0 Å². The number of nitrogens with two attached hydrogens (primary N) is 1. The Morgan fingerprint density at radius 3 is 3.40 bits per heavy atom. The number of hydrogen-bond donors (Lipinski definition) is 1. The molecule has 1 aromatic heterocycles. The van der Waals surface area contributed by atoms with Crippen LogP contribution in [0.1, 0.15) is 6.42 Å². The first-order valence-electron chi connectivity index (χ1n) is 3.32. The van der Waals surface area contributed by atoms with Gasteiger partial charge < -0.3 is 10.5 Å². The molecule has 0 bridgehead atoms. The van der Waals surface area contributed by atoms with Crippen LogP contribution in [0.3, 0.4) is 0 Å². The Balaban J connectivity index is 2.41. The summed E-state index contributed by atoms with van der Waals surface area (Å²) in [6.45, 7) is 1.73. The zero-order valence-electron chi connectivity index (χ0n) is 5.58. The van der Waals surface area contributed by atoms with E-state index in [4.69, 9.17) is 10.5 Å². The van der Waals surface area contributed by atoms with Gasteiger partial charge in [-0.25, -0.2) is 0 Å². The lowest BCUT2D eigenvalue weighted by Gasteiger charge is -2.13. The second-order valence-electron chi connectivity index (χ2n) is 2.34. The van der Waals surface area contributed by atoms with Crippen molar-refractivity contribution in [1.82, 2.24) is 9.55 Å². The molecule has 1 aliphatic rings. The SMILES string of the molecule is Nc1cn2c(n1)OCCC2. The number of aryl methyl sites for hydroxylation is 1. The fraction of sp³-hybridized carbons (Fsp3) is 0.500. The van der Waals surface area contributed by atoms with Gasteiger partial charge >= 0.3 is 0 Å². The Morgan fingerprint density at radius 2 is 2.60 bits per heavy atom. The van der Waals surface area contributed by atoms with Crippen LogP contribution in [0.15, 0.2) is 6.20 Å². The molecule has 1 aliphatic heterocycles. The molecule has 0 aliphatic carbocycles. The highest BCUT2D eigenvalue weighted by atomic mass is 16.5. The van der Waals surface area contributed by atoms with E-state index >= 15 is 0 Å². The van der Waals surface area contributed by atoms with E-state index in [0.717, 1.165) is 19.6 Å². The first-order valence-corrected chi connectivity index (χ1v) is 3.32. The van der Waals surface area contributed by atoms with Gasteiger partial charge in [-0.15, -0.1) is 0 Å². The molecule has 0 spiro atoms. The molecule has 2 rings (SSSR count). The molecule has 2 N–H and O–H groups in total. The minimum atomic E-state index is 0.539. The molecular weight excluding hydrogens is 130 g/mol. The molecule has 4 heteroatoms. The average molecular weight is 139 g/mol. The van der Waals surface area contributed by atoms with Crippen molar-refractivity contribution in [2.24, 2.45) is 0 Å². The van der Waals surface area contributed by atoms with Crippen molar-refractivity contribution in [3.63, 3.8) is 0 Å². The van der Waals surface area contributed by atoms with E-state index in [-0.39, 0.29) is 0 Å². The van der Waals surface area contributed by atoms with Crippen molar-refractivity contribution < 1.29 is 4.74 Å². The summed E-state index contributed by atoms with van der Waals surface area (Å²) in [6, 6.07) is 0.656. The predicted octanol–water partition coefficient (Wildman–Crippen LogP) is 0.248. The average Bonchev–Trinajstić information content (AvgIpc) is 2.27. The molecule has 10 heavy (non-hydrogen) atoms. The number of nitrogens with zero attached hydrogens (tertiary/aromatic N) is 2. The summed E-state index contributed by atoms with van der Waals surface area (Å²) in [4.78, 5) is 3.97. The smallest absolute Gasteiger partial charge is 0.298 e. The summed E-state index contributed by atoms with van der Waals surface area (Å²) in [6.07, 6.45) is 2.84. The fourth-order valence-corrected chi connectivity index (χ4v) is 1.09. The quantitative estimate of drug-likeness (QED) is 0.560. The summed E-state index contributed by atoms with van der Waals surface area (Å²) >= 11 is 0. The van der Waals surface area contributed by atoms with Crippen LogP contribution < -0.4 is 10.5 Å². The second kappa shape index (κ2) is 1.90. The number of ether oxygens (including phenoxy) is 1. The van der Waals surface area contributed by atoms with E-state index in [1.165, 1.54) is 0 Å². The highest BCUT2D eigenvalue weighted by Crippen LogP contribution is 2.17. The molecule has 54 valence electrons. The van der Waals surface area contributed by atoms with Crippen molar-refractivity contribution in [3.05, 3.63) is 6.20 Å². The molecule has 2 heterocycles. The molecule has 0 saturated carbocycles. The van der Waals surface area contributed by atoms with E-state index in [0.29, 0.717) is 11.8 Å². The first kappa shape index (κ1) is 5.58. The summed E-state index contributed by atoms with van der Waals surface area (Å²) < 4.78 is 7.15. The molecule has 0 radical (unpaired) electrons. The van der Waals surface area contributed by atoms with Gasteiger partial charge in [-0.1, -0.05) is 0 Å². The second-order valence-corrected chi connectivity index (χ2v) is 2.34. The third-order valence-corrected chi connectivity index (χ3v) is 1.53. The van der Waals surface area contributed by atoms with Crippen LogP contribution in [0.2, 0.25) is 0 Å². The Labute approximate surface area is 58.6 Å². The zero-order valence-corrected chi connectivity index (χ0v) is 5.58. The van der Waals surface area contributed by atoms with Crippen LogP contribution in [0.5, 0.6) is 6.01 Å². The molecule has 0 saturated heterocycles. The lowest BCUT2D eigenvalue weighted by molar-refractivity contribution is 0.231. The fourth-order valence-electron chi connectivity index (χ4n) is 1.09. The topological polar surface area (TPSA) is 53.1 Å². The van der Waals surface area contributed by atoms with Crippen LogP contribution in [0, 0.1) is 0 Å².